The molecule has 36 heavy (non-hydrogen) atoms. The molecule has 3 aromatic rings. The standard InChI is InChI=1S/C27H20BrN3O4S/c1-17-6-9-22(10-7-17)30-25(32)15-31-26(33)24(36-27(31)34)13-20-12-21(28)8-11-23(20)35-16-19-5-3-2-4-18(19)14-29/h2-13H,15-16H2,1H3,(H,30,32)/b24-13+. The van der Waals surface area contributed by atoms with E-state index in [1.54, 1.807) is 48.5 Å². The van der Waals surface area contributed by atoms with Crippen molar-refractivity contribution in [3.05, 3.63) is 98.4 Å². The number of nitrogens with zero attached hydrogens (tertiary/aromatic N) is 2. The predicted octanol–water partition coefficient (Wildman–Crippen LogP) is 5.88. The Balaban J connectivity index is 1.49. The maximum atomic E-state index is 13.0. The molecule has 1 N–H and O–H groups in total. The summed E-state index contributed by atoms with van der Waals surface area (Å²) in [4.78, 5) is 39.0. The van der Waals surface area contributed by atoms with Crippen LogP contribution in [-0.4, -0.2) is 28.5 Å². The third-order valence-corrected chi connectivity index (χ3v) is 6.69. The number of hydrogen-bond donors (Lipinski definition) is 1. The quantitative estimate of drug-likeness (QED) is 0.361. The molecule has 3 amide bonds. The van der Waals surface area contributed by atoms with Crippen LogP contribution in [0.15, 0.2) is 76.1 Å². The molecule has 180 valence electrons. The Morgan fingerprint density at radius 1 is 1.14 bits per heavy atom. The molecule has 1 aliphatic rings. The summed E-state index contributed by atoms with van der Waals surface area (Å²) in [5, 5.41) is 11.5. The van der Waals surface area contributed by atoms with Crippen LogP contribution in [0.25, 0.3) is 6.08 Å². The van der Waals surface area contributed by atoms with Crippen molar-refractivity contribution in [2.75, 3.05) is 11.9 Å². The maximum absolute atomic E-state index is 13.0. The molecule has 9 heteroatoms. The fourth-order valence-electron chi connectivity index (χ4n) is 3.43. The number of benzene rings is 3. The van der Waals surface area contributed by atoms with Crippen LogP contribution >= 0.6 is 27.7 Å². The molecule has 0 atom stereocenters. The van der Waals surface area contributed by atoms with Gasteiger partial charge in [0.1, 0.15) is 18.9 Å². The van der Waals surface area contributed by atoms with Gasteiger partial charge in [-0.2, -0.15) is 5.26 Å². The van der Waals surface area contributed by atoms with Gasteiger partial charge in [0, 0.05) is 21.3 Å². The predicted molar refractivity (Wildman–Crippen MR) is 142 cm³/mol. The van der Waals surface area contributed by atoms with E-state index >= 15 is 0 Å². The van der Waals surface area contributed by atoms with Crippen LogP contribution in [0, 0.1) is 18.3 Å². The lowest BCUT2D eigenvalue weighted by atomic mass is 10.1. The van der Waals surface area contributed by atoms with E-state index < -0.39 is 17.1 Å². The monoisotopic (exact) mass is 561 g/mol. The Morgan fingerprint density at radius 3 is 2.64 bits per heavy atom. The molecule has 3 aromatic carbocycles. The highest BCUT2D eigenvalue weighted by Crippen LogP contribution is 2.35. The third kappa shape index (κ3) is 6.03. The fourth-order valence-corrected chi connectivity index (χ4v) is 4.64. The van der Waals surface area contributed by atoms with Crippen molar-refractivity contribution in [2.45, 2.75) is 13.5 Å². The number of rotatable bonds is 7. The second kappa shape index (κ2) is 11.2. The number of anilines is 1. The van der Waals surface area contributed by atoms with E-state index in [0.29, 0.717) is 22.6 Å². The minimum absolute atomic E-state index is 0.160. The van der Waals surface area contributed by atoms with Gasteiger partial charge in [-0.05, 0) is 61.2 Å². The van der Waals surface area contributed by atoms with Gasteiger partial charge in [0.05, 0.1) is 16.5 Å². The van der Waals surface area contributed by atoms with Crippen molar-refractivity contribution in [3.8, 4) is 11.8 Å². The Labute approximate surface area is 220 Å². The number of imide groups is 1. The minimum atomic E-state index is -0.551. The Morgan fingerprint density at radius 2 is 1.89 bits per heavy atom. The molecule has 0 aromatic heterocycles. The number of nitriles is 1. The van der Waals surface area contributed by atoms with Crippen molar-refractivity contribution in [1.82, 2.24) is 4.90 Å². The first-order valence-electron chi connectivity index (χ1n) is 10.9. The number of ether oxygens (including phenoxy) is 1. The molecule has 4 rings (SSSR count). The van der Waals surface area contributed by atoms with Crippen LogP contribution in [0.3, 0.4) is 0 Å². The Hall–Kier alpha value is -3.87. The van der Waals surface area contributed by atoms with Crippen LogP contribution in [-0.2, 0) is 16.2 Å². The number of halogens is 1. The van der Waals surface area contributed by atoms with E-state index in [0.717, 1.165) is 32.3 Å². The zero-order chi connectivity index (χ0) is 25.7. The second-order valence-corrected chi connectivity index (χ2v) is 9.83. The average Bonchev–Trinajstić information content (AvgIpc) is 3.12. The summed E-state index contributed by atoms with van der Waals surface area (Å²) < 4.78 is 6.72. The molecule has 1 saturated heterocycles. The van der Waals surface area contributed by atoms with Crippen LogP contribution in [0.5, 0.6) is 5.75 Å². The Bertz CT molecular complexity index is 1410. The van der Waals surface area contributed by atoms with E-state index in [1.165, 1.54) is 0 Å². The van der Waals surface area contributed by atoms with Crippen LogP contribution in [0.2, 0.25) is 0 Å². The van der Waals surface area contributed by atoms with Gasteiger partial charge >= 0.3 is 0 Å². The highest BCUT2D eigenvalue weighted by molar-refractivity contribution is 9.10. The number of amides is 3. The molecule has 0 saturated carbocycles. The minimum Gasteiger partial charge on any atom is -0.488 e. The van der Waals surface area contributed by atoms with Gasteiger partial charge in [0.25, 0.3) is 11.1 Å². The first-order chi connectivity index (χ1) is 17.3. The number of carbonyl (C=O) groups excluding carboxylic acids is 3. The molecule has 0 unspecified atom stereocenters. The highest BCUT2D eigenvalue weighted by atomic mass is 79.9. The molecular weight excluding hydrogens is 542 g/mol. The number of thioether (sulfide) groups is 1. The SMILES string of the molecule is Cc1ccc(NC(=O)CN2C(=O)S/C(=C/c3cc(Br)ccc3OCc3ccccc3C#N)C2=O)cc1. The summed E-state index contributed by atoms with van der Waals surface area (Å²) >= 11 is 4.19. The topological polar surface area (TPSA) is 99.5 Å². The lowest BCUT2D eigenvalue weighted by Gasteiger charge is -2.13. The van der Waals surface area contributed by atoms with E-state index in [4.69, 9.17) is 4.74 Å². The summed E-state index contributed by atoms with van der Waals surface area (Å²) in [5.74, 6) is -0.537. The number of hydrogen-bond acceptors (Lipinski definition) is 6. The van der Waals surface area contributed by atoms with Crippen LogP contribution in [0.4, 0.5) is 10.5 Å². The summed E-state index contributed by atoms with van der Waals surface area (Å²) in [5.41, 5.74) is 3.46. The zero-order valence-electron chi connectivity index (χ0n) is 19.2. The van der Waals surface area contributed by atoms with Gasteiger partial charge in [0.2, 0.25) is 5.91 Å². The van der Waals surface area contributed by atoms with Gasteiger partial charge in [-0.1, -0.05) is 51.8 Å². The second-order valence-electron chi connectivity index (χ2n) is 7.92. The zero-order valence-corrected chi connectivity index (χ0v) is 21.6. The van der Waals surface area contributed by atoms with E-state index in [9.17, 15) is 19.6 Å². The molecule has 1 heterocycles. The molecule has 0 bridgehead atoms. The van der Waals surface area contributed by atoms with Crippen molar-refractivity contribution in [1.29, 1.82) is 5.26 Å². The lowest BCUT2D eigenvalue weighted by molar-refractivity contribution is -0.127. The normalized spacial score (nSPS) is 14.1. The molecule has 0 radical (unpaired) electrons. The van der Waals surface area contributed by atoms with Gasteiger partial charge in [0.15, 0.2) is 0 Å². The molecule has 1 fully saturated rings. The largest absolute Gasteiger partial charge is 0.488 e. The van der Waals surface area contributed by atoms with Crippen molar-refractivity contribution in [2.24, 2.45) is 0 Å². The van der Waals surface area contributed by atoms with E-state index in [2.05, 4.69) is 27.3 Å². The first-order valence-corrected chi connectivity index (χ1v) is 12.5. The summed E-state index contributed by atoms with van der Waals surface area (Å²) in [6.07, 6.45) is 1.57. The molecular formula is C27H20BrN3O4S. The van der Waals surface area contributed by atoms with E-state index in [1.807, 2.05) is 31.2 Å². The third-order valence-electron chi connectivity index (χ3n) is 5.29. The summed E-state index contributed by atoms with van der Waals surface area (Å²) in [6, 6.07) is 21.8. The number of nitrogens with one attached hydrogen (secondary N) is 1. The van der Waals surface area contributed by atoms with Crippen molar-refractivity contribution >= 4 is 56.5 Å². The summed E-state index contributed by atoms with van der Waals surface area (Å²) in [7, 11) is 0. The van der Waals surface area contributed by atoms with Crippen molar-refractivity contribution in [3.63, 3.8) is 0 Å². The first kappa shape index (κ1) is 25.2. The smallest absolute Gasteiger partial charge is 0.294 e. The van der Waals surface area contributed by atoms with Crippen LogP contribution in [0.1, 0.15) is 22.3 Å². The molecule has 7 nitrogen and oxygen atoms in total. The average molecular weight is 562 g/mol. The molecule has 0 spiro atoms. The highest BCUT2D eigenvalue weighted by Gasteiger charge is 2.36. The van der Waals surface area contributed by atoms with Crippen molar-refractivity contribution < 1.29 is 19.1 Å². The molecule has 1 aliphatic heterocycles. The van der Waals surface area contributed by atoms with Gasteiger partial charge in [-0.3, -0.25) is 19.3 Å². The molecule has 0 aliphatic carbocycles. The van der Waals surface area contributed by atoms with Gasteiger partial charge in [-0.15, -0.1) is 0 Å². The number of carbonyl (C=O) groups is 3. The Kier molecular flexibility index (Phi) is 7.88. The van der Waals surface area contributed by atoms with Gasteiger partial charge < -0.3 is 10.1 Å². The summed E-state index contributed by atoms with van der Waals surface area (Å²) in [6.45, 7) is 1.71. The lowest BCUT2D eigenvalue weighted by Crippen LogP contribution is -2.36. The van der Waals surface area contributed by atoms with Crippen LogP contribution < -0.4 is 10.1 Å². The fraction of sp³-hybridized carbons (Fsp3) is 0.111. The van der Waals surface area contributed by atoms with E-state index in [-0.39, 0.29) is 18.1 Å². The van der Waals surface area contributed by atoms with Gasteiger partial charge in [-0.25, -0.2) is 0 Å². The maximum Gasteiger partial charge on any atom is 0.294 e. The number of aryl methyl sites for hydroxylation is 1.